The number of nitrogens with zero attached hydrogens (tertiary/aromatic N) is 3. The van der Waals surface area contributed by atoms with E-state index >= 15 is 0 Å². The van der Waals surface area contributed by atoms with Crippen molar-refractivity contribution in [3.8, 4) is 28.5 Å². The number of pyridine rings is 1. The number of aromatic nitrogens is 1. The Balaban J connectivity index is 2.14. The van der Waals surface area contributed by atoms with Crippen molar-refractivity contribution in [1.29, 1.82) is 5.26 Å². The molecule has 0 unspecified atom stereocenters. The number of rotatable bonds is 3. The van der Waals surface area contributed by atoms with Crippen LogP contribution in [0, 0.1) is 11.3 Å². The zero-order valence-electron chi connectivity index (χ0n) is 14.0. The van der Waals surface area contributed by atoms with E-state index in [0.29, 0.717) is 16.3 Å². The van der Waals surface area contributed by atoms with Crippen LogP contribution in [0.25, 0.3) is 22.4 Å². The lowest BCUT2D eigenvalue weighted by Crippen LogP contribution is -2.08. The Morgan fingerprint density at radius 3 is 2.16 bits per heavy atom. The van der Waals surface area contributed by atoms with E-state index in [9.17, 15) is 5.26 Å². The molecule has 0 amide bonds. The number of halogens is 1. The first-order chi connectivity index (χ1) is 12.0. The van der Waals surface area contributed by atoms with Gasteiger partial charge >= 0.3 is 0 Å². The molecule has 3 aromatic rings. The normalized spacial score (nSPS) is 10.3. The summed E-state index contributed by atoms with van der Waals surface area (Å²) >= 11 is 5.95. The van der Waals surface area contributed by atoms with Gasteiger partial charge in [0.15, 0.2) is 0 Å². The van der Waals surface area contributed by atoms with Crippen molar-refractivity contribution in [2.24, 2.45) is 0 Å². The summed E-state index contributed by atoms with van der Waals surface area (Å²) in [5.74, 6) is 0.224. The number of hydrogen-bond acceptors (Lipinski definition) is 4. The number of nitrogens with two attached hydrogens (primary N) is 1. The molecule has 2 aromatic carbocycles. The molecule has 1 heterocycles. The van der Waals surface area contributed by atoms with Gasteiger partial charge in [0.05, 0.1) is 5.69 Å². The molecule has 0 saturated carbocycles. The molecule has 124 valence electrons. The number of anilines is 2. The van der Waals surface area contributed by atoms with Crippen molar-refractivity contribution in [2.75, 3.05) is 24.7 Å². The van der Waals surface area contributed by atoms with E-state index < -0.39 is 0 Å². The van der Waals surface area contributed by atoms with Crippen LogP contribution in [0.2, 0.25) is 5.02 Å². The lowest BCUT2D eigenvalue weighted by molar-refractivity contribution is 1.13. The first kappa shape index (κ1) is 16.8. The maximum Gasteiger partial charge on any atom is 0.142 e. The van der Waals surface area contributed by atoms with Gasteiger partial charge in [-0.05, 0) is 35.9 Å². The lowest BCUT2D eigenvalue weighted by Gasteiger charge is -2.14. The Hall–Kier alpha value is -3.03. The summed E-state index contributed by atoms with van der Waals surface area (Å²) in [6.45, 7) is 0. The molecule has 0 atom stereocenters. The average Bonchev–Trinajstić information content (AvgIpc) is 2.61. The number of hydrogen-bond donors (Lipinski definition) is 1. The Morgan fingerprint density at radius 2 is 1.60 bits per heavy atom. The second-order valence-corrected chi connectivity index (χ2v) is 6.31. The largest absolute Gasteiger partial charge is 0.383 e. The van der Waals surface area contributed by atoms with Crippen molar-refractivity contribution in [3.05, 3.63) is 65.2 Å². The van der Waals surface area contributed by atoms with Crippen molar-refractivity contribution in [2.45, 2.75) is 0 Å². The molecule has 0 radical (unpaired) electrons. The average molecular weight is 349 g/mol. The molecule has 0 fully saturated rings. The van der Waals surface area contributed by atoms with Gasteiger partial charge in [0, 0.05) is 35.9 Å². The zero-order valence-corrected chi connectivity index (χ0v) is 14.7. The minimum Gasteiger partial charge on any atom is -0.383 e. The van der Waals surface area contributed by atoms with Crippen LogP contribution in [0.3, 0.4) is 0 Å². The predicted molar refractivity (Wildman–Crippen MR) is 104 cm³/mol. The summed E-state index contributed by atoms with van der Waals surface area (Å²) in [5, 5.41) is 10.2. The molecule has 0 spiro atoms. The molecule has 0 saturated heterocycles. The van der Waals surface area contributed by atoms with Gasteiger partial charge in [0.2, 0.25) is 0 Å². The van der Waals surface area contributed by atoms with Crippen LogP contribution in [0.15, 0.2) is 54.6 Å². The minimum absolute atomic E-state index is 0.224. The molecule has 2 N–H and O–H groups in total. The molecule has 3 rings (SSSR count). The van der Waals surface area contributed by atoms with Gasteiger partial charge in [-0.1, -0.05) is 35.9 Å². The van der Waals surface area contributed by atoms with Crippen LogP contribution in [0.4, 0.5) is 11.5 Å². The number of nitriles is 1. The smallest absolute Gasteiger partial charge is 0.142 e. The quantitative estimate of drug-likeness (QED) is 0.751. The minimum atomic E-state index is 0.224. The van der Waals surface area contributed by atoms with Crippen LogP contribution in [0.5, 0.6) is 0 Å². The van der Waals surface area contributed by atoms with Crippen LogP contribution < -0.4 is 10.6 Å². The maximum absolute atomic E-state index is 9.51. The standard InChI is InChI=1S/C20H17ClN4/c1-25(2)16-9-5-13(6-10-16)17-11-19(24-20(23)18(17)12-22)14-3-7-15(21)8-4-14/h3-11H,1-2H3,(H2,23,24). The Kier molecular flexibility index (Phi) is 4.60. The highest BCUT2D eigenvalue weighted by atomic mass is 35.5. The topological polar surface area (TPSA) is 65.9 Å². The molecular weight excluding hydrogens is 332 g/mol. The third kappa shape index (κ3) is 3.42. The highest BCUT2D eigenvalue weighted by molar-refractivity contribution is 6.30. The van der Waals surface area contributed by atoms with E-state index in [1.165, 1.54) is 0 Å². The first-order valence-corrected chi connectivity index (χ1v) is 8.11. The van der Waals surface area contributed by atoms with Crippen LogP contribution in [-0.2, 0) is 0 Å². The van der Waals surface area contributed by atoms with Gasteiger partial charge in [-0.2, -0.15) is 5.26 Å². The van der Waals surface area contributed by atoms with E-state index in [4.69, 9.17) is 17.3 Å². The summed E-state index contributed by atoms with van der Waals surface area (Å²) in [5.41, 5.74) is 10.8. The second kappa shape index (κ2) is 6.84. The monoisotopic (exact) mass is 348 g/mol. The number of benzene rings is 2. The fourth-order valence-corrected chi connectivity index (χ4v) is 2.74. The summed E-state index contributed by atoms with van der Waals surface area (Å²) in [6, 6.07) is 19.4. The molecule has 25 heavy (non-hydrogen) atoms. The van der Waals surface area contributed by atoms with Gasteiger partial charge in [-0.15, -0.1) is 0 Å². The molecule has 5 heteroatoms. The fourth-order valence-electron chi connectivity index (χ4n) is 2.62. The Bertz CT molecular complexity index is 939. The van der Waals surface area contributed by atoms with Gasteiger partial charge in [-0.25, -0.2) is 4.98 Å². The van der Waals surface area contributed by atoms with Gasteiger partial charge in [-0.3, -0.25) is 0 Å². The number of nitrogen functional groups attached to an aromatic ring is 1. The Morgan fingerprint density at radius 1 is 1.00 bits per heavy atom. The lowest BCUT2D eigenvalue weighted by atomic mass is 9.98. The Labute approximate surface area is 152 Å². The maximum atomic E-state index is 9.51. The fraction of sp³-hybridized carbons (Fsp3) is 0.100. The van der Waals surface area contributed by atoms with E-state index in [0.717, 1.165) is 22.4 Å². The van der Waals surface area contributed by atoms with Crippen molar-refractivity contribution in [3.63, 3.8) is 0 Å². The van der Waals surface area contributed by atoms with Crippen molar-refractivity contribution in [1.82, 2.24) is 4.98 Å². The van der Waals surface area contributed by atoms with Gasteiger partial charge in [0.1, 0.15) is 17.5 Å². The third-order valence-corrected chi connectivity index (χ3v) is 4.25. The zero-order chi connectivity index (χ0) is 18.0. The molecule has 1 aromatic heterocycles. The molecule has 0 aliphatic rings. The summed E-state index contributed by atoms with van der Waals surface area (Å²) in [4.78, 5) is 6.40. The SMILES string of the molecule is CN(C)c1ccc(-c2cc(-c3ccc(Cl)cc3)nc(N)c2C#N)cc1. The molecule has 0 aliphatic heterocycles. The second-order valence-electron chi connectivity index (χ2n) is 5.88. The van der Waals surface area contributed by atoms with Crippen LogP contribution in [-0.4, -0.2) is 19.1 Å². The third-order valence-electron chi connectivity index (χ3n) is 3.99. The van der Waals surface area contributed by atoms with Crippen LogP contribution in [0.1, 0.15) is 5.56 Å². The van der Waals surface area contributed by atoms with E-state index in [2.05, 4.69) is 11.1 Å². The summed E-state index contributed by atoms with van der Waals surface area (Å²) < 4.78 is 0. The van der Waals surface area contributed by atoms with E-state index in [1.807, 2.05) is 61.5 Å². The van der Waals surface area contributed by atoms with Crippen molar-refractivity contribution >= 4 is 23.1 Å². The summed E-state index contributed by atoms with van der Waals surface area (Å²) in [6.07, 6.45) is 0. The first-order valence-electron chi connectivity index (χ1n) is 7.74. The molecule has 4 nitrogen and oxygen atoms in total. The van der Waals surface area contributed by atoms with Gasteiger partial charge < -0.3 is 10.6 Å². The molecular formula is C20H17ClN4. The molecule has 0 aliphatic carbocycles. The van der Waals surface area contributed by atoms with Crippen LogP contribution >= 0.6 is 11.6 Å². The van der Waals surface area contributed by atoms with Crippen molar-refractivity contribution < 1.29 is 0 Å². The molecule has 0 bridgehead atoms. The van der Waals surface area contributed by atoms with E-state index in [-0.39, 0.29) is 5.82 Å². The highest BCUT2D eigenvalue weighted by Crippen LogP contribution is 2.32. The summed E-state index contributed by atoms with van der Waals surface area (Å²) in [7, 11) is 3.97. The highest BCUT2D eigenvalue weighted by Gasteiger charge is 2.13. The van der Waals surface area contributed by atoms with Gasteiger partial charge in [0.25, 0.3) is 0 Å². The predicted octanol–water partition coefficient (Wildman–Crippen LogP) is 4.59. The van der Waals surface area contributed by atoms with E-state index in [1.54, 1.807) is 12.1 Å².